The summed E-state index contributed by atoms with van der Waals surface area (Å²) in [5.41, 5.74) is 1.33. The number of hydrogen-bond acceptors (Lipinski definition) is 0. The van der Waals surface area contributed by atoms with Gasteiger partial charge in [0.2, 0.25) is 0 Å². The van der Waals surface area contributed by atoms with Gasteiger partial charge in [-0.15, -0.1) is 13.2 Å². The molecule has 1 aromatic rings. The van der Waals surface area contributed by atoms with Gasteiger partial charge in [-0.25, -0.2) is 0 Å². The number of rotatable bonds is 1. The van der Waals surface area contributed by atoms with Crippen LogP contribution in [0.25, 0.3) is 0 Å². The molecule has 0 atom stereocenters. The van der Waals surface area contributed by atoms with E-state index in [2.05, 4.69) is 20.1 Å². The lowest BCUT2D eigenvalue weighted by atomic mass is 10.2. The van der Waals surface area contributed by atoms with Crippen LogP contribution >= 0.6 is 11.6 Å². The molecule has 0 N–H and O–H groups in total. The number of aryl methyl sites for hydroxylation is 1. The molecule has 0 aliphatic carbocycles. The summed E-state index contributed by atoms with van der Waals surface area (Å²) in [4.78, 5) is 0. The van der Waals surface area contributed by atoms with Crippen molar-refractivity contribution in [2.45, 2.75) is 13.3 Å². The van der Waals surface area contributed by atoms with Crippen molar-refractivity contribution in [3.8, 4) is 0 Å². The summed E-state index contributed by atoms with van der Waals surface area (Å²) in [6.07, 6.45) is 1.08. The standard InChI is InChI=1S/C8H9Cl.C2H4/c1-2-7-3-5-8(9)6-4-7;1-2/h3-6H,2H2,1H3;1-2H2. The normalized spacial score (nSPS) is 8.18. The molecule has 0 nitrogen and oxygen atoms in total. The molecule has 0 aliphatic rings. The second-order valence-corrected chi connectivity index (χ2v) is 2.42. The zero-order chi connectivity index (χ0) is 8.69. The summed E-state index contributed by atoms with van der Waals surface area (Å²) in [6.45, 7) is 8.13. The van der Waals surface area contributed by atoms with Crippen molar-refractivity contribution < 1.29 is 0 Å². The predicted molar refractivity (Wildman–Crippen MR) is 52.1 cm³/mol. The largest absolute Gasteiger partial charge is 0.106 e. The van der Waals surface area contributed by atoms with Gasteiger partial charge < -0.3 is 0 Å². The first-order valence-corrected chi connectivity index (χ1v) is 3.95. The van der Waals surface area contributed by atoms with E-state index in [-0.39, 0.29) is 0 Å². The van der Waals surface area contributed by atoms with Crippen molar-refractivity contribution in [2.24, 2.45) is 0 Å². The summed E-state index contributed by atoms with van der Waals surface area (Å²) in [5, 5.41) is 0.812. The third kappa shape index (κ3) is 3.84. The monoisotopic (exact) mass is 168 g/mol. The minimum absolute atomic E-state index is 0.812. The van der Waals surface area contributed by atoms with Crippen molar-refractivity contribution in [3.05, 3.63) is 48.0 Å². The molecule has 0 unspecified atom stereocenters. The molecule has 60 valence electrons. The summed E-state index contributed by atoms with van der Waals surface area (Å²) in [6, 6.07) is 7.92. The van der Waals surface area contributed by atoms with E-state index in [1.54, 1.807) is 0 Å². The molecule has 1 heteroatoms. The van der Waals surface area contributed by atoms with Crippen molar-refractivity contribution in [1.29, 1.82) is 0 Å². The van der Waals surface area contributed by atoms with Gasteiger partial charge in [0, 0.05) is 5.02 Å². The Kier molecular flexibility index (Phi) is 5.58. The smallest absolute Gasteiger partial charge is 0.0406 e. The van der Waals surface area contributed by atoms with Crippen LogP contribution in [0.15, 0.2) is 37.4 Å². The van der Waals surface area contributed by atoms with Crippen LogP contribution in [0.1, 0.15) is 12.5 Å². The predicted octanol–water partition coefficient (Wildman–Crippen LogP) is 3.70. The molecule has 0 fully saturated rings. The average Bonchev–Trinajstić information content (AvgIpc) is 2.10. The molecule has 0 bridgehead atoms. The van der Waals surface area contributed by atoms with Crippen LogP contribution < -0.4 is 0 Å². The highest BCUT2D eigenvalue weighted by atomic mass is 35.5. The molecular formula is C10H13Cl. The number of benzene rings is 1. The van der Waals surface area contributed by atoms with Crippen LogP contribution in [0.4, 0.5) is 0 Å². The number of hydrogen-bond donors (Lipinski definition) is 0. The van der Waals surface area contributed by atoms with Gasteiger partial charge in [0.1, 0.15) is 0 Å². The molecule has 0 spiro atoms. The van der Waals surface area contributed by atoms with Crippen molar-refractivity contribution in [1.82, 2.24) is 0 Å². The zero-order valence-corrected chi connectivity index (χ0v) is 7.56. The maximum Gasteiger partial charge on any atom is 0.0406 e. The Bertz CT molecular complexity index is 189. The first-order chi connectivity index (χ1) is 5.33. The summed E-state index contributed by atoms with van der Waals surface area (Å²) in [7, 11) is 0. The van der Waals surface area contributed by atoms with E-state index in [9.17, 15) is 0 Å². The third-order valence-electron chi connectivity index (χ3n) is 1.32. The zero-order valence-electron chi connectivity index (χ0n) is 6.81. The Hall–Kier alpha value is -0.750. The first-order valence-electron chi connectivity index (χ1n) is 3.57. The number of halogens is 1. The van der Waals surface area contributed by atoms with Crippen LogP contribution in [0.2, 0.25) is 5.02 Å². The van der Waals surface area contributed by atoms with Gasteiger partial charge >= 0.3 is 0 Å². The summed E-state index contributed by atoms with van der Waals surface area (Å²) >= 11 is 5.67. The van der Waals surface area contributed by atoms with E-state index in [4.69, 9.17) is 11.6 Å². The molecule has 11 heavy (non-hydrogen) atoms. The Morgan fingerprint density at radius 2 is 1.64 bits per heavy atom. The molecule has 1 rings (SSSR count). The molecule has 0 amide bonds. The molecule has 0 heterocycles. The Morgan fingerprint density at radius 3 is 2.00 bits per heavy atom. The maximum atomic E-state index is 5.67. The molecular weight excluding hydrogens is 156 g/mol. The average molecular weight is 169 g/mol. The Morgan fingerprint density at radius 1 is 1.18 bits per heavy atom. The highest BCUT2D eigenvalue weighted by molar-refractivity contribution is 6.30. The van der Waals surface area contributed by atoms with Gasteiger partial charge in [0.05, 0.1) is 0 Å². The molecule has 1 aromatic carbocycles. The minimum Gasteiger partial charge on any atom is -0.106 e. The van der Waals surface area contributed by atoms with E-state index >= 15 is 0 Å². The molecule has 0 saturated heterocycles. The van der Waals surface area contributed by atoms with Gasteiger partial charge in [-0.3, -0.25) is 0 Å². The van der Waals surface area contributed by atoms with E-state index in [0.717, 1.165) is 11.4 Å². The fraction of sp³-hybridized carbons (Fsp3) is 0.200. The molecule has 0 aromatic heterocycles. The highest BCUT2D eigenvalue weighted by Crippen LogP contribution is 2.09. The van der Waals surface area contributed by atoms with E-state index < -0.39 is 0 Å². The minimum atomic E-state index is 0.812. The van der Waals surface area contributed by atoms with E-state index in [1.165, 1.54) is 5.56 Å². The summed E-state index contributed by atoms with van der Waals surface area (Å²) in [5.74, 6) is 0. The van der Waals surface area contributed by atoms with Crippen LogP contribution in [-0.2, 0) is 6.42 Å². The van der Waals surface area contributed by atoms with Gasteiger partial charge in [0.15, 0.2) is 0 Å². The van der Waals surface area contributed by atoms with Gasteiger partial charge in [-0.2, -0.15) is 0 Å². The Balaban J connectivity index is 0.000000461. The molecule has 0 aliphatic heterocycles. The van der Waals surface area contributed by atoms with Crippen molar-refractivity contribution >= 4 is 11.6 Å². The fourth-order valence-corrected chi connectivity index (χ4v) is 0.846. The van der Waals surface area contributed by atoms with Crippen molar-refractivity contribution in [3.63, 3.8) is 0 Å². The lowest BCUT2D eigenvalue weighted by Gasteiger charge is -1.93. The van der Waals surface area contributed by atoms with Gasteiger partial charge in [-0.05, 0) is 24.1 Å². The topological polar surface area (TPSA) is 0 Å². The molecule has 0 saturated carbocycles. The highest BCUT2D eigenvalue weighted by Gasteiger charge is 1.86. The van der Waals surface area contributed by atoms with E-state index in [1.807, 2.05) is 24.3 Å². The Labute approximate surface area is 73.5 Å². The van der Waals surface area contributed by atoms with Gasteiger partial charge in [-0.1, -0.05) is 30.7 Å². The second kappa shape index (κ2) is 5.99. The van der Waals surface area contributed by atoms with Crippen LogP contribution in [0.5, 0.6) is 0 Å². The van der Waals surface area contributed by atoms with Crippen LogP contribution in [0, 0.1) is 0 Å². The first kappa shape index (κ1) is 10.2. The lowest BCUT2D eigenvalue weighted by Crippen LogP contribution is -1.75. The van der Waals surface area contributed by atoms with E-state index in [0.29, 0.717) is 0 Å². The van der Waals surface area contributed by atoms with Gasteiger partial charge in [0.25, 0.3) is 0 Å². The second-order valence-electron chi connectivity index (χ2n) is 1.98. The maximum absolute atomic E-state index is 5.67. The van der Waals surface area contributed by atoms with Crippen LogP contribution in [-0.4, -0.2) is 0 Å². The molecule has 0 radical (unpaired) electrons. The van der Waals surface area contributed by atoms with Crippen molar-refractivity contribution in [2.75, 3.05) is 0 Å². The fourth-order valence-electron chi connectivity index (χ4n) is 0.720. The lowest BCUT2D eigenvalue weighted by molar-refractivity contribution is 1.14. The van der Waals surface area contributed by atoms with Crippen LogP contribution in [0.3, 0.4) is 0 Å². The third-order valence-corrected chi connectivity index (χ3v) is 1.57. The quantitative estimate of drug-likeness (QED) is 0.561. The summed E-state index contributed by atoms with van der Waals surface area (Å²) < 4.78 is 0. The SMILES string of the molecule is C=C.CCc1ccc(Cl)cc1.